The normalized spacial score (nSPS) is 18.6. The Morgan fingerprint density at radius 3 is 2.44 bits per heavy atom. The number of hydrogen-bond donors (Lipinski definition) is 0. The third-order valence-corrected chi connectivity index (χ3v) is 3.10. The highest BCUT2D eigenvalue weighted by molar-refractivity contribution is 5.69. The Labute approximate surface area is 110 Å². The highest BCUT2D eigenvalue weighted by atomic mass is 16.6. The van der Waals surface area contributed by atoms with Gasteiger partial charge in [0.15, 0.2) is 0 Å². The molecule has 0 atom stereocenters. The summed E-state index contributed by atoms with van der Waals surface area (Å²) in [6, 6.07) is 0. The molecule has 0 aliphatic carbocycles. The molecule has 0 bridgehead atoms. The average molecular weight is 255 g/mol. The number of carbonyl (C=O) groups is 2. The lowest BCUT2D eigenvalue weighted by Gasteiger charge is -2.29. The van der Waals surface area contributed by atoms with Crippen LogP contribution in [0.5, 0.6) is 0 Å². The lowest BCUT2D eigenvalue weighted by atomic mass is 9.98. The number of ether oxygens (including phenoxy) is 1. The van der Waals surface area contributed by atoms with Crippen LogP contribution in [0, 0.1) is 5.92 Å². The van der Waals surface area contributed by atoms with Crippen molar-refractivity contribution < 1.29 is 14.3 Å². The molecule has 1 heterocycles. The predicted octanol–water partition coefficient (Wildman–Crippen LogP) is 2.02. The zero-order valence-electron chi connectivity index (χ0n) is 11.8. The Hall–Kier alpha value is -0.900. The van der Waals surface area contributed by atoms with Crippen molar-refractivity contribution in [3.8, 4) is 0 Å². The maximum Gasteiger partial charge on any atom is 0.306 e. The molecule has 1 aliphatic rings. The second-order valence-electron chi connectivity index (χ2n) is 6.01. The Balaban J connectivity index is 2.11. The maximum absolute atomic E-state index is 11.5. The summed E-state index contributed by atoms with van der Waals surface area (Å²) in [5.41, 5.74) is -0.389. The smallest absolute Gasteiger partial charge is 0.306 e. The standard InChI is InChI=1S/C14H25NO3/c1-14(2,3)18-13(17)5-4-8-15-9-6-12(11-16)7-10-15/h11-12H,4-10H2,1-3H3. The largest absolute Gasteiger partial charge is 0.460 e. The van der Waals surface area contributed by atoms with Crippen LogP contribution in [0.2, 0.25) is 0 Å². The molecule has 0 aromatic carbocycles. The van der Waals surface area contributed by atoms with Gasteiger partial charge in [-0.15, -0.1) is 0 Å². The molecule has 104 valence electrons. The van der Waals surface area contributed by atoms with Gasteiger partial charge in [-0.25, -0.2) is 0 Å². The van der Waals surface area contributed by atoms with Crippen LogP contribution in [-0.2, 0) is 14.3 Å². The fourth-order valence-corrected chi connectivity index (χ4v) is 2.15. The van der Waals surface area contributed by atoms with E-state index < -0.39 is 0 Å². The van der Waals surface area contributed by atoms with Crippen molar-refractivity contribution in [1.29, 1.82) is 0 Å². The summed E-state index contributed by atoms with van der Waals surface area (Å²) in [5, 5.41) is 0. The zero-order chi connectivity index (χ0) is 13.6. The van der Waals surface area contributed by atoms with Crippen LogP contribution in [0.1, 0.15) is 46.5 Å². The van der Waals surface area contributed by atoms with Crippen LogP contribution in [0.4, 0.5) is 0 Å². The zero-order valence-corrected chi connectivity index (χ0v) is 11.8. The molecule has 0 unspecified atom stereocenters. The summed E-state index contributed by atoms with van der Waals surface area (Å²) in [5.74, 6) is 0.123. The lowest BCUT2D eigenvalue weighted by Crippen LogP contribution is -2.35. The Kier molecular flexibility index (Phi) is 5.79. The van der Waals surface area contributed by atoms with Crippen molar-refractivity contribution in [1.82, 2.24) is 4.90 Å². The van der Waals surface area contributed by atoms with Crippen molar-refractivity contribution in [2.75, 3.05) is 19.6 Å². The molecule has 1 saturated heterocycles. The molecule has 0 saturated carbocycles. The van der Waals surface area contributed by atoms with E-state index in [1.54, 1.807) is 0 Å². The summed E-state index contributed by atoms with van der Waals surface area (Å²) in [7, 11) is 0. The van der Waals surface area contributed by atoms with Gasteiger partial charge < -0.3 is 14.4 Å². The minimum absolute atomic E-state index is 0.120. The molecule has 0 radical (unpaired) electrons. The molecule has 4 heteroatoms. The molecule has 0 aromatic rings. The number of nitrogens with zero attached hydrogens (tertiary/aromatic N) is 1. The summed E-state index contributed by atoms with van der Waals surface area (Å²) >= 11 is 0. The van der Waals surface area contributed by atoms with Gasteiger partial charge in [-0.1, -0.05) is 0 Å². The molecule has 0 N–H and O–H groups in total. The van der Waals surface area contributed by atoms with E-state index in [0.717, 1.165) is 45.2 Å². The van der Waals surface area contributed by atoms with Crippen LogP contribution in [0.25, 0.3) is 0 Å². The van der Waals surface area contributed by atoms with Crippen LogP contribution in [0.3, 0.4) is 0 Å². The first kappa shape index (κ1) is 15.2. The fourth-order valence-electron chi connectivity index (χ4n) is 2.15. The third-order valence-electron chi connectivity index (χ3n) is 3.10. The molecule has 1 aliphatic heterocycles. The molecular formula is C14H25NO3. The number of hydrogen-bond acceptors (Lipinski definition) is 4. The van der Waals surface area contributed by atoms with Gasteiger partial charge in [-0.05, 0) is 59.7 Å². The topological polar surface area (TPSA) is 46.6 Å². The third kappa shape index (κ3) is 6.15. The van der Waals surface area contributed by atoms with E-state index in [1.807, 2.05) is 20.8 Å². The number of piperidine rings is 1. The number of rotatable bonds is 5. The van der Waals surface area contributed by atoms with Crippen molar-refractivity contribution >= 4 is 12.3 Å². The average Bonchev–Trinajstić information content (AvgIpc) is 2.27. The summed E-state index contributed by atoms with van der Waals surface area (Å²) in [4.78, 5) is 24.5. The van der Waals surface area contributed by atoms with E-state index in [2.05, 4.69) is 4.90 Å². The van der Waals surface area contributed by atoms with E-state index in [-0.39, 0.29) is 17.5 Å². The minimum atomic E-state index is -0.389. The fraction of sp³-hybridized carbons (Fsp3) is 0.857. The number of aldehydes is 1. The molecule has 1 rings (SSSR count). The summed E-state index contributed by atoms with van der Waals surface area (Å²) in [6.45, 7) is 8.51. The summed E-state index contributed by atoms with van der Waals surface area (Å²) in [6.07, 6.45) is 4.29. The molecular weight excluding hydrogens is 230 g/mol. The lowest BCUT2D eigenvalue weighted by molar-refractivity contribution is -0.155. The van der Waals surface area contributed by atoms with Crippen molar-refractivity contribution in [2.24, 2.45) is 5.92 Å². The van der Waals surface area contributed by atoms with E-state index in [9.17, 15) is 9.59 Å². The van der Waals surface area contributed by atoms with Gasteiger partial charge in [0.1, 0.15) is 11.9 Å². The second-order valence-corrected chi connectivity index (χ2v) is 6.01. The van der Waals surface area contributed by atoms with Crippen molar-refractivity contribution in [3.05, 3.63) is 0 Å². The van der Waals surface area contributed by atoms with E-state index in [4.69, 9.17) is 4.74 Å². The molecule has 18 heavy (non-hydrogen) atoms. The Bertz CT molecular complexity index is 275. The number of likely N-dealkylation sites (tertiary alicyclic amines) is 1. The number of carbonyl (C=O) groups excluding carboxylic acids is 2. The maximum atomic E-state index is 11.5. The van der Waals surface area contributed by atoms with Crippen LogP contribution in [-0.4, -0.2) is 42.4 Å². The van der Waals surface area contributed by atoms with E-state index >= 15 is 0 Å². The van der Waals surface area contributed by atoms with Crippen molar-refractivity contribution in [3.63, 3.8) is 0 Å². The molecule has 0 spiro atoms. The van der Waals surface area contributed by atoms with Crippen LogP contribution < -0.4 is 0 Å². The van der Waals surface area contributed by atoms with Crippen LogP contribution >= 0.6 is 0 Å². The first-order chi connectivity index (χ1) is 8.40. The van der Waals surface area contributed by atoms with E-state index in [0.29, 0.717) is 6.42 Å². The highest BCUT2D eigenvalue weighted by Crippen LogP contribution is 2.15. The SMILES string of the molecule is CC(C)(C)OC(=O)CCCN1CCC(C=O)CC1. The van der Waals surface area contributed by atoms with Gasteiger partial charge in [-0.2, -0.15) is 0 Å². The van der Waals surface area contributed by atoms with Crippen molar-refractivity contribution in [2.45, 2.75) is 52.1 Å². The van der Waals surface area contributed by atoms with Gasteiger partial charge in [0, 0.05) is 12.3 Å². The predicted molar refractivity (Wildman–Crippen MR) is 70.3 cm³/mol. The summed E-state index contributed by atoms with van der Waals surface area (Å²) < 4.78 is 5.26. The molecule has 0 aromatic heterocycles. The monoisotopic (exact) mass is 255 g/mol. The van der Waals surface area contributed by atoms with Gasteiger partial charge in [0.2, 0.25) is 0 Å². The molecule has 4 nitrogen and oxygen atoms in total. The second kappa shape index (κ2) is 6.88. The first-order valence-corrected chi connectivity index (χ1v) is 6.80. The first-order valence-electron chi connectivity index (χ1n) is 6.80. The Morgan fingerprint density at radius 2 is 1.94 bits per heavy atom. The highest BCUT2D eigenvalue weighted by Gasteiger charge is 2.19. The number of esters is 1. The van der Waals surface area contributed by atoms with Gasteiger partial charge in [0.25, 0.3) is 0 Å². The van der Waals surface area contributed by atoms with Gasteiger partial charge >= 0.3 is 5.97 Å². The molecule has 1 fully saturated rings. The minimum Gasteiger partial charge on any atom is -0.460 e. The van der Waals surface area contributed by atoms with E-state index in [1.165, 1.54) is 0 Å². The van der Waals surface area contributed by atoms with Gasteiger partial charge in [0.05, 0.1) is 0 Å². The van der Waals surface area contributed by atoms with Gasteiger partial charge in [-0.3, -0.25) is 4.79 Å². The quantitative estimate of drug-likeness (QED) is 0.557. The van der Waals surface area contributed by atoms with Crippen LogP contribution in [0.15, 0.2) is 0 Å². The molecule has 0 amide bonds. The Morgan fingerprint density at radius 1 is 1.33 bits per heavy atom.